The van der Waals surface area contributed by atoms with Gasteiger partial charge in [0.15, 0.2) is 0 Å². The van der Waals surface area contributed by atoms with Crippen LogP contribution in [0.2, 0.25) is 0 Å². The normalized spacial score (nSPS) is 23.2. The van der Waals surface area contributed by atoms with Crippen LogP contribution in [0.4, 0.5) is 5.69 Å². The van der Waals surface area contributed by atoms with E-state index in [4.69, 9.17) is 11.6 Å². The number of para-hydroxylation sites is 1. The first-order chi connectivity index (χ1) is 12.0. The number of hydrogen-bond donors (Lipinski definition) is 1. The van der Waals surface area contributed by atoms with Crippen LogP contribution in [-0.2, 0) is 4.79 Å². The molecular weight excluding hydrogens is 334 g/mol. The first-order valence-electron chi connectivity index (χ1n) is 9.34. The van der Waals surface area contributed by atoms with Crippen LogP contribution in [0.1, 0.15) is 32.6 Å². The van der Waals surface area contributed by atoms with Crippen molar-refractivity contribution in [2.75, 3.05) is 38.0 Å². The summed E-state index contributed by atoms with van der Waals surface area (Å²) in [6.07, 6.45) is 3.65. The largest absolute Gasteiger partial charge is 0.312 e. The summed E-state index contributed by atoms with van der Waals surface area (Å²) in [5.41, 5.74) is 0.983. The molecule has 3 atom stereocenters. The monoisotopic (exact) mass is 365 g/mol. The molecule has 0 aromatic heterocycles. The van der Waals surface area contributed by atoms with E-state index in [0.29, 0.717) is 24.3 Å². The summed E-state index contributed by atoms with van der Waals surface area (Å²) in [4.78, 5) is 17.0. The predicted molar refractivity (Wildman–Crippen MR) is 106 cm³/mol. The van der Waals surface area contributed by atoms with Gasteiger partial charge in [-0.3, -0.25) is 4.79 Å². The highest BCUT2D eigenvalue weighted by atomic mass is 35.5. The molecule has 140 valence electrons. The van der Waals surface area contributed by atoms with E-state index in [1.807, 2.05) is 35.2 Å². The van der Waals surface area contributed by atoms with E-state index in [1.165, 1.54) is 0 Å². The molecule has 1 aromatic rings. The summed E-state index contributed by atoms with van der Waals surface area (Å²) in [6.45, 7) is 4.34. The molecule has 25 heavy (non-hydrogen) atoms. The van der Waals surface area contributed by atoms with Crippen molar-refractivity contribution < 1.29 is 4.79 Å². The van der Waals surface area contributed by atoms with Gasteiger partial charge in [0.1, 0.15) is 0 Å². The zero-order chi connectivity index (χ0) is 18.2. The minimum Gasteiger partial charge on any atom is -0.312 e. The zero-order valence-electron chi connectivity index (χ0n) is 15.7. The van der Waals surface area contributed by atoms with E-state index in [1.54, 1.807) is 0 Å². The summed E-state index contributed by atoms with van der Waals surface area (Å²) in [5, 5.41) is 3.71. The van der Waals surface area contributed by atoms with Crippen molar-refractivity contribution in [1.29, 1.82) is 0 Å². The molecule has 4 nitrogen and oxygen atoms in total. The molecule has 2 rings (SSSR count). The molecule has 0 spiro atoms. The topological polar surface area (TPSA) is 35.6 Å². The quantitative estimate of drug-likeness (QED) is 0.538. The van der Waals surface area contributed by atoms with Crippen LogP contribution in [0.15, 0.2) is 30.3 Å². The molecule has 0 saturated heterocycles. The lowest BCUT2D eigenvalue weighted by molar-refractivity contribution is -0.118. The second kappa shape index (κ2) is 10.1. The lowest BCUT2D eigenvalue weighted by Crippen LogP contribution is -2.50. The van der Waals surface area contributed by atoms with Crippen molar-refractivity contribution in [3.05, 3.63) is 30.3 Å². The standard InChI is InChI=1S/C20H32ClN3O/c1-16-14-18(22-12-7-13-23(2)3)19(15-16)24(20(25)10-11-21)17-8-5-4-6-9-17/h4-6,8-9,16,18-19,22H,7,10-15H2,1-3H3. The zero-order valence-corrected chi connectivity index (χ0v) is 16.5. The van der Waals surface area contributed by atoms with Gasteiger partial charge in [0.2, 0.25) is 5.91 Å². The summed E-state index contributed by atoms with van der Waals surface area (Å²) >= 11 is 5.86. The molecule has 0 heterocycles. The molecule has 1 saturated carbocycles. The molecule has 5 heteroatoms. The Labute approximate surface area is 157 Å². The molecule has 0 aliphatic heterocycles. The Hall–Kier alpha value is -1.10. The number of nitrogens with zero attached hydrogens (tertiary/aromatic N) is 2. The SMILES string of the molecule is CC1CC(NCCCN(C)C)C(N(C(=O)CCCl)c2ccccc2)C1. The molecule has 1 aliphatic carbocycles. The van der Waals surface area contributed by atoms with Gasteiger partial charge in [-0.15, -0.1) is 11.6 Å². The van der Waals surface area contributed by atoms with Gasteiger partial charge >= 0.3 is 0 Å². The first-order valence-corrected chi connectivity index (χ1v) is 9.87. The van der Waals surface area contributed by atoms with Gasteiger partial charge in [0, 0.05) is 24.0 Å². The fourth-order valence-electron chi connectivity index (χ4n) is 3.76. The lowest BCUT2D eigenvalue weighted by atomic mass is 10.1. The molecule has 0 bridgehead atoms. The highest BCUT2D eigenvalue weighted by molar-refractivity contribution is 6.19. The smallest absolute Gasteiger partial charge is 0.228 e. The second-order valence-corrected chi connectivity index (χ2v) is 7.78. The molecular formula is C20H32ClN3O. The Balaban J connectivity index is 2.11. The van der Waals surface area contributed by atoms with Crippen LogP contribution in [-0.4, -0.2) is 56.0 Å². The maximum atomic E-state index is 12.8. The number of alkyl halides is 1. The number of carbonyl (C=O) groups is 1. The minimum absolute atomic E-state index is 0.125. The summed E-state index contributed by atoms with van der Waals surface area (Å²) in [5.74, 6) is 1.11. The van der Waals surface area contributed by atoms with Gasteiger partial charge in [0.05, 0.1) is 6.04 Å². The van der Waals surface area contributed by atoms with Gasteiger partial charge in [-0.1, -0.05) is 25.1 Å². The van der Waals surface area contributed by atoms with E-state index < -0.39 is 0 Å². The number of benzene rings is 1. The second-order valence-electron chi connectivity index (χ2n) is 7.40. The van der Waals surface area contributed by atoms with Crippen molar-refractivity contribution in [1.82, 2.24) is 10.2 Å². The van der Waals surface area contributed by atoms with Crippen molar-refractivity contribution in [2.45, 2.75) is 44.7 Å². The number of halogens is 1. The number of rotatable bonds is 9. The predicted octanol–water partition coefficient (Wildman–Crippen LogP) is 3.36. The maximum absolute atomic E-state index is 12.8. The Bertz CT molecular complexity index is 523. The third kappa shape index (κ3) is 5.98. The van der Waals surface area contributed by atoms with E-state index in [0.717, 1.165) is 38.0 Å². The highest BCUT2D eigenvalue weighted by Crippen LogP contribution is 2.33. The molecule has 1 aromatic carbocycles. The van der Waals surface area contributed by atoms with Crippen LogP contribution in [0.3, 0.4) is 0 Å². The van der Waals surface area contributed by atoms with Crippen molar-refractivity contribution in [2.24, 2.45) is 5.92 Å². The van der Waals surface area contributed by atoms with E-state index in [-0.39, 0.29) is 11.9 Å². The number of anilines is 1. The van der Waals surface area contributed by atoms with E-state index >= 15 is 0 Å². The first kappa shape index (κ1) is 20.2. The van der Waals surface area contributed by atoms with E-state index in [2.05, 4.69) is 31.2 Å². The van der Waals surface area contributed by atoms with Gasteiger partial charge in [-0.2, -0.15) is 0 Å². The van der Waals surface area contributed by atoms with Crippen molar-refractivity contribution in [3.63, 3.8) is 0 Å². The number of hydrogen-bond acceptors (Lipinski definition) is 3. The molecule has 1 fully saturated rings. The fourth-order valence-corrected chi connectivity index (χ4v) is 3.92. The minimum atomic E-state index is 0.125. The average Bonchev–Trinajstić information content (AvgIpc) is 2.93. The van der Waals surface area contributed by atoms with Crippen molar-refractivity contribution >= 4 is 23.2 Å². The Morgan fingerprint density at radius 3 is 2.60 bits per heavy atom. The lowest BCUT2D eigenvalue weighted by Gasteiger charge is -2.34. The third-order valence-corrected chi connectivity index (χ3v) is 5.09. The van der Waals surface area contributed by atoms with Crippen LogP contribution < -0.4 is 10.2 Å². The summed E-state index contributed by atoms with van der Waals surface area (Å²) in [6, 6.07) is 10.6. The van der Waals surface area contributed by atoms with Crippen LogP contribution in [0.25, 0.3) is 0 Å². The van der Waals surface area contributed by atoms with Crippen molar-refractivity contribution in [3.8, 4) is 0 Å². The highest BCUT2D eigenvalue weighted by Gasteiger charge is 2.38. The van der Waals surface area contributed by atoms with Gasteiger partial charge in [-0.25, -0.2) is 0 Å². The maximum Gasteiger partial charge on any atom is 0.228 e. The van der Waals surface area contributed by atoms with Crippen LogP contribution >= 0.6 is 11.6 Å². The number of carbonyl (C=O) groups excluding carboxylic acids is 1. The summed E-state index contributed by atoms with van der Waals surface area (Å²) < 4.78 is 0. The number of amides is 1. The van der Waals surface area contributed by atoms with Crippen LogP contribution in [0.5, 0.6) is 0 Å². The molecule has 1 aliphatic rings. The number of nitrogens with one attached hydrogen (secondary N) is 1. The van der Waals surface area contributed by atoms with Gasteiger partial charge < -0.3 is 15.1 Å². The molecule has 1 amide bonds. The van der Waals surface area contributed by atoms with Gasteiger partial charge in [-0.05, 0) is 64.5 Å². The third-order valence-electron chi connectivity index (χ3n) is 4.90. The average molecular weight is 366 g/mol. The molecule has 0 radical (unpaired) electrons. The summed E-state index contributed by atoms with van der Waals surface area (Å²) in [7, 11) is 4.20. The molecule has 1 N–H and O–H groups in total. The molecule has 3 unspecified atom stereocenters. The van der Waals surface area contributed by atoms with Gasteiger partial charge in [0.25, 0.3) is 0 Å². The van der Waals surface area contributed by atoms with Crippen LogP contribution in [0, 0.1) is 5.92 Å². The Morgan fingerprint density at radius 1 is 1.24 bits per heavy atom. The van der Waals surface area contributed by atoms with E-state index in [9.17, 15) is 4.79 Å². The Morgan fingerprint density at radius 2 is 1.96 bits per heavy atom. The Kier molecular flexibility index (Phi) is 8.20. The fraction of sp³-hybridized carbons (Fsp3) is 0.650.